The molecule has 1 saturated carbocycles. The summed E-state index contributed by atoms with van der Waals surface area (Å²) < 4.78 is 11.0. The fourth-order valence-electron chi connectivity index (χ4n) is 3.08. The topological polar surface area (TPSA) is 35.5 Å². The van der Waals surface area contributed by atoms with Gasteiger partial charge in [-0.25, -0.2) is 0 Å². The Morgan fingerprint density at radius 2 is 1.90 bits per heavy atom. The van der Waals surface area contributed by atoms with E-state index >= 15 is 0 Å². The molecule has 0 heterocycles. The summed E-state index contributed by atoms with van der Waals surface area (Å²) in [6.45, 7) is 4.68. The van der Waals surface area contributed by atoms with Crippen LogP contribution in [0.5, 0.6) is 5.75 Å². The van der Waals surface area contributed by atoms with E-state index in [0.29, 0.717) is 23.1 Å². The SMILES string of the molecule is COc1cccc(C(=O)COC2CC(C)CC(C)C2)c1. The van der Waals surface area contributed by atoms with Crippen LogP contribution in [0.2, 0.25) is 0 Å². The molecular weight excluding hydrogens is 252 g/mol. The van der Waals surface area contributed by atoms with E-state index in [1.165, 1.54) is 6.42 Å². The molecule has 2 unspecified atom stereocenters. The minimum Gasteiger partial charge on any atom is -0.497 e. The van der Waals surface area contributed by atoms with Crippen molar-refractivity contribution in [3.05, 3.63) is 29.8 Å². The van der Waals surface area contributed by atoms with Crippen molar-refractivity contribution < 1.29 is 14.3 Å². The molecule has 0 aliphatic heterocycles. The van der Waals surface area contributed by atoms with Crippen molar-refractivity contribution in [3.8, 4) is 5.75 Å². The minimum absolute atomic E-state index is 0.0229. The Bertz CT molecular complexity index is 445. The molecule has 1 aliphatic rings. The van der Waals surface area contributed by atoms with Gasteiger partial charge in [-0.15, -0.1) is 0 Å². The maximum Gasteiger partial charge on any atom is 0.188 e. The van der Waals surface area contributed by atoms with E-state index in [-0.39, 0.29) is 18.5 Å². The molecule has 110 valence electrons. The molecule has 0 spiro atoms. The van der Waals surface area contributed by atoms with Gasteiger partial charge in [0.15, 0.2) is 5.78 Å². The average Bonchev–Trinajstić information content (AvgIpc) is 2.44. The van der Waals surface area contributed by atoms with Crippen LogP contribution in [0.15, 0.2) is 24.3 Å². The third-order valence-corrected chi connectivity index (χ3v) is 3.98. The van der Waals surface area contributed by atoms with Gasteiger partial charge in [0, 0.05) is 5.56 Å². The molecule has 0 amide bonds. The van der Waals surface area contributed by atoms with E-state index in [4.69, 9.17) is 9.47 Å². The number of hydrogen-bond acceptors (Lipinski definition) is 3. The standard InChI is InChI=1S/C17H24O3/c1-12-7-13(2)9-16(8-12)20-11-17(18)14-5-4-6-15(10-14)19-3/h4-6,10,12-13,16H,7-9,11H2,1-3H3. The van der Waals surface area contributed by atoms with Crippen molar-refractivity contribution in [3.63, 3.8) is 0 Å². The van der Waals surface area contributed by atoms with Gasteiger partial charge in [-0.2, -0.15) is 0 Å². The molecule has 3 nitrogen and oxygen atoms in total. The Labute approximate surface area is 121 Å². The van der Waals surface area contributed by atoms with Crippen LogP contribution in [-0.4, -0.2) is 25.6 Å². The second kappa shape index (κ2) is 6.89. The van der Waals surface area contributed by atoms with Crippen LogP contribution in [-0.2, 0) is 4.74 Å². The number of carbonyl (C=O) groups excluding carboxylic acids is 1. The second-order valence-corrected chi connectivity index (χ2v) is 6.01. The predicted octanol–water partition coefficient (Wildman–Crippen LogP) is 3.72. The van der Waals surface area contributed by atoms with Gasteiger partial charge in [-0.1, -0.05) is 26.0 Å². The van der Waals surface area contributed by atoms with Gasteiger partial charge in [-0.3, -0.25) is 4.79 Å². The summed E-state index contributed by atoms with van der Waals surface area (Å²) in [6, 6.07) is 7.23. The van der Waals surface area contributed by atoms with E-state index in [1.54, 1.807) is 19.2 Å². The summed E-state index contributed by atoms with van der Waals surface area (Å²) >= 11 is 0. The van der Waals surface area contributed by atoms with Crippen molar-refractivity contribution >= 4 is 5.78 Å². The zero-order valence-electron chi connectivity index (χ0n) is 12.6. The summed E-state index contributed by atoms with van der Waals surface area (Å²) in [5, 5.41) is 0. The van der Waals surface area contributed by atoms with Crippen LogP contribution in [0.25, 0.3) is 0 Å². The summed E-state index contributed by atoms with van der Waals surface area (Å²) in [7, 11) is 1.60. The highest BCUT2D eigenvalue weighted by Gasteiger charge is 2.25. The van der Waals surface area contributed by atoms with Crippen LogP contribution in [0, 0.1) is 11.8 Å². The Morgan fingerprint density at radius 1 is 1.20 bits per heavy atom. The first-order chi connectivity index (χ1) is 9.58. The van der Waals surface area contributed by atoms with Crippen molar-refractivity contribution in [2.45, 2.75) is 39.2 Å². The Kier molecular flexibility index (Phi) is 5.18. The van der Waals surface area contributed by atoms with Crippen LogP contribution in [0.4, 0.5) is 0 Å². The average molecular weight is 276 g/mol. The summed E-state index contributed by atoms with van der Waals surface area (Å²) in [5.74, 6) is 2.11. The second-order valence-electron chi connectivity index (χ2n) is 6.01. The molecule has 0 saturated heterocycles. The van der Waals surface area contributed by atoms with Crippen LogP contribution < -0.4 is 4.74 Å². The molecule has 20 heavy (non-hydrogen) atoms. The number of Topliss-reactive ketones (excluding diaryl/α,β-unsaturated/α-hetero) is 1. The number of benzene rings is 1. The Morgan fingerprint density at radius 3 is 2.55 bits per heavy atom. The predicted molar refractivity (Wildman–Crippen MR) is 79.2 cm³/mol. The number of methoxy groups -OCH3 is 1. The zero-order chi connectivity index (χ0) is 14.5. The molecule has 0 radical (unpaired) electrons. The lowest BCUT2D eigenvalue weighted by atomic mass is 9.82. The Balaban J connectivity index is 1.88. The van der Waals surface area contributed by atoms with Crippen molar-refractivity contribution in [2.75, 3.05) is 13.7 Å². The molecule has 1 aromatic rings. The van der Waals surface area contributed by atoms with Crippen LogP contribution in [0.1, 0.15) is 43.5 Å². The third-order valence-electron chi connectivity index (χ3n) is 3.98. The highest BCUT2D eigenvalue weighted by atomic mass is 16.5. The highest BCUT2D eigenvalue weighted by molar-refractivity contribution is 5.97. The highest BCUT2D eigenvalue weighted by Crippen LogP contribution is 2.30. The van der Waals surface area contributed by atoms with Gasteiger partial charge < -0.3 is 9.47 Å². The lowest BCUT2D eigenvalue weighted by Gasteiger charge is -2.31. The molecule has 2 rings (SSSR count). The molecule has 1 aromatic carbocycles. The largest absolute Gasteiger partial charge is 0.497 e. The maximum atomic E-state index is 12.1. The van der Waals surface area contributed by atoms with Crippen LogP contribution in [0.3, 0.4) is 0 Å². The van der Waals surface area contributed by atoms with Gasteiger partial charge >= 0.3 is 0 Å². The van der Waals surface area contributed by atoms with Gasteiger partial charge in [0.1, 0.15) is 12.4 Å². The van der Waals surface area contributed by atoms with E-state index in [2.05, 4.69) is 13.8 Å². The van der Waals surface area contributed by atoms with E-state index in [1.807, 2.05) is 12.1 Å². The molecule has 2 atom stereocenters. The first kappa shape index (κ1) is 15.0. The number of hydrogen-bond donors (Lipinski definition) is 0. The van der Waals surface area contributed by atoms with Crippen molar-refractivity contribution in [1.82, 2.24) is 0 Å². The first-order valence-corrected chi connectivity index (χ1v) is 7.37. The summed E-state index contributed by atoms with van der Waals surface area (Å²) in [5.41, 5.74) is 0.654. The number of ketones is 1. The van der Waals surface area contributed by atoms with Gasteiger partial charge in [-0.05, 0) is 43.2 Å². The fourth-order valence-corrected chi connectivity index (χ4v) is 3.08. The number of carbonyl (C=O) groups is 1. The molecule has 3 heteroatoms. The number of ether oxygens (including phenoxy) is 2. The lowest BCUT2D eigenvalue weighted by Crippen LogP contribution is -2.28. The van der Waals surface area contributed by atoms with Gasteiger partial charge in [0.25, 0.3) is 0 Å². The molecule has 0 aromatic heterocycles. The van der Waals surface area contributed by atoms with Gasteiger partial charge in [0.2, 0.25) is 0 Å². The quantitative estimate of drug-likeness (QED) is 0.769. The van der Waals surface area contributed by atoms with Gasteiger partial charge in [0.05, 0.1) is 13.2 Å². The van der Waals surface area contributed by atoms with E-state index in [0.717, 1.165) is 12.8 Å². The molecular formula is C17H24O3. The molecule has 0 N–H and O–H groups in total. The summed E-state index contributed by atoms with van der Waals surface area (Å²) in [4.78, 5) is 12.1. The van der Waals surface area contributed by atoms with Crippen molar-refractivity contribution in [1.29, 1.82) is 0 Å². The summed E-state index contributed by atoms with van der Waals surface area (Å²) in [6.07, 6.45) is 3.62. The van der Waals surface area contributed by atoms with Crippen molar-refractivity contribution in [2.24, 2.45) is 11.8 Å². The maximum absolute atomic E-state index is 12.1. The van der Waals surface area contributed by atoms with E-state index < -0.39 is 0 Å². The third kappa shape index (κ3) is 4.07. The fraction of sp³-hybridized carbons (Fsp3) is 0.588. The molecule has 1 aliphatic carbocycles. The molecule has 1 fully saturated rings. The monoisotopic (exact) mass is 276 g/mol. The van der Waals surface area contributed by atoms with Crippen LogP contribution >= 0.6 is 0 Å². The minimum atomic E-state index is 0.0229. The first-order valence-electron chi connectivity index (χ1n) is 7.37. The lowest BCUT2D eigenvalue weighted by molar-refractivity contribution is 0.00562. The van der Waals surface area contributed by atoms with E-state index in [9.17, 15) is 4.79 Å². The normalized spacial score (nSPS) is 26.2. The number of rotatable bonds is 5. The zero-order valence-corrected chi connectivity index (χ0v) is 12.6. The Hall–Kier alpha value is -1.35. The molecule has 0 bridgehead atoms. The smallest absolute Gasteiger partial charge is 0.188 e.